The Morgan fingerprint density at radius 3 is 2.06 bits per heavy atom. The molecular formula is C32H27BO2S. The van der Waals surface area contributed by atoms with Crippen molar-refractivity contribution in [3.63, 3.8) is 0 Å². The highest BCUT2D eigenvalue weighted by molar-refractivity contribution is 7.26. The molecule has 1 fully saturated rings. The van der Waals surface area contributed by atoms with Crippen LogP contribution in [-0.2, 0) is 9.31 Å². The second-order valence-electron chi connectivity index (χ2n) is 10.9. The van der Waals surface area contributed by atoms with Crippen LogP contribution in [0.15, 0.2) is 91.0 Å². The average molecular weight is 486 g/mol. The minimum atomic E-state index is -0.347. The number of hydrogen-bond donors (Lipinski definition) is 0. The lowest BCUT2D eigenvalue weighted by molar-refractivity contribution is 0.00578. The van der Waals surface area contributed by atoms with Crippen molar-refractivity contribution >= 4 is 65.6 Å². The SMILES string of the molecule is CC1(C)OB(c2ccc3cc(-c4cccc5sc6cc7ccccc7cc6c45)ccc3c2)OC1(C)C. The van der Waals surface area contributed by atoms with Crippen LogP contribution in [0, 0.1) is 0 Å². The lowest BCUT2D eigenvalue weighted by Crippen LogP contribution is -2.41. The fourth-order valence-corrected chi connectivity index (χ4v) is 6.47. The van der Waals surface area contributed by atoms with Crippen molar-refractivity contribution in [1.29, 1.82) is 0 Å². The molecule has 0 amide bonds. The van der Waals surface area contributed by atoms with Crippen LogP contribution < -0.4 is 5.46 Å². The Morgan fingerprint density at radius 1 is 0.611 bits per heavy atom. The van der Waals surface area contributed by atoms with Crippen molar-refractivity contribution in [2.24, 2.45) is 0 Å². The standard InChI is InChI=1S/C32H27BO2S/c1-31(2)32(3,4)35-33(34-31)25-15-14-22-16-24(13-12-23(22)17-25)26-10-7-11-28-30(26)27-18-20-8-5-6-9-21(20)19-29(27)36-28/h5-19H,1-4H3. The molecule has 0 atom stereocenters. The first-order chi connectivity index (χ1) is 17.3. The van der Waals surface area contributed by atoms with Gasteiger partial charge in [0.1, 0.15) is 0 Å². The number of benzene rings is 5. The molecule has 0 spiro atoms. The lowest BCUT2D eigenvalue weighted by atomic mass is 9.78. The van der Waals surface area contributed by atoms with Gasteiger partial charge in [-0.25, -0.2) is 0 Å². The molecule has 1 aliphatic rings. The van der Waals surface area contributed by atoms with Gasteiger partial charge in [-0.3, -0.25) is 0 Å². The Labute approximate surface area is 215 Å². The molecule has 2 nitrogen and oxygen atoms in total. The summed E-state index contributed by atoms with van der Waals surface area (Å²) in [6.07, 6.45) is 0. The summed E-state index contributed by atoms with van der Waals surface area (Å²) in [5.74, 6) is 0. The largest absolute Gasteiger partial charge is 0.494 e. The van der Waals surface area contributed by atoms with Gasteiger partial charge in [0.25, 0.3) is 0 Å². The Morgan fingerprint density at radius 2 is 1.28 bits per heavy atom. The van der Waals surface area contributed by atoms with Crippen LogP contribution in [0.1, 0.15) is 27.7 Å². The summed E-state index contributed by atoms with van der Waals surface area (Å²) in [5.41, 5.74) is 2.90. The maximum absolute atomic E-state index is 6.28. The highest BCUT2D eigenvalue weighted by Gasteiger charge is 2.51. The van der Waals surface area contributed by atoms with E-state index in [-0.39, 0.29) is 18.3 Å². The van der Waals surface area contributed by atoms with Gasteiger partial charge in [-0.15, -0.1) is 11.3 Å². The van der Waals surface area contributed by atoms with Crippen LogP contribution >= 0.6 is 11.3 Å². The molecule has 1 aliphatic heterocycles. The third-order valence-corrected chi connectivity index (χ3v) is 9.18. The zero-order valence-corrected chi connectivity index (χ0v) is 21.8. The smallest absolute Gasteiger partial charge is 0.399 e. The second kappa shape index (κ2) is 7.66. The fourth-order valence-electron chi connectivity index (χ4n) is 5.31. The molecule has 36 heavy (non-hydrogen) atoms. The summed E-state index contributed by atoms with van der Waals surface area (Å²) in [7, 11) is -0.347. The van der Waals surface area contributed by atoms with E-state index in [1.807, 2.05) is 11.3 Å². The van der Waals surface area contributed by atoms with Gasteiger partial charge in [-0.05, 0) is 90.1 Å². The van der Waals surface area contributed by atoms with E-state index in [1.54, 1.807) is 0 Å². The highest BCUT2D eigenvalue weighted by atomic mass is 32.1. The summed E-state index contributed by atoms with van der Waals surface area (Å²) >= 11 is 1.88. The summed E-state index contributed by atoms with van der Waals surface area (Å²) in [6, 6.07) is 33.3. The molecule has 0 radical (unpaired) electrons. The van der Waals surface area contributed by atoms with Gasteiger partial charge in [0, 0.05) is 20.2 Å². The lowest BCUT2D eigenvalue weighted by Gasteiger charge is -2.32. The molecule has 2 heterocycles. The zero-order chi connectivity index (χ0) is 24.7. The normalized spacial score (nSPS) is 17.1. The van der Waals surface area contributed by atoms with Gasteiger partial charge in [0.2, 0.25) is 0 Å². The van der Waals surface area contributed by atoms with Gasteiger partial charge in [-0.2, -0.15) is 0 Å². The molecule has 6 aromatic rings. The second-order valence-corrected chi connectivity index (χ2v) is 12.0. The molecule has 5 aromatic carbocycles. The Hall–Kier alpha value is -3.18. The van der Waals surface area contributed by atoms with Crippen LogP contribution in [-0.4, -0.2) is 18.3 Å². The van der Waals surface area contributed by atoms with Crippen LogP contribution in [0.2, 0.25) is 0 Å². The van der Waals surface area contributed by atoms with E-state index in [1.165, 1.54) is 52.8 Å². The number of hydrogen-bond acceptors (Lipinski definition) is 3. The molecule has 7 rings (SSSR count). The quantitative estimate of drug-likeness (QED) is 0.229. The van der Waals surface area contributed by atoms with Crippen molar-refractivity contribution in [2.45, 2.75) is 38.9 Å². The van der Waals surface area contributed by atoms with Gasteiger partial charge in [0.05, 0.1) is 11.2 Å². The highest BCUT2D eigenvalue weighted by Crippen LogP contribution is 2.42. The van der Waals surface area contributed by atoms with E-state index in [4.69, 9.17) is 9.31 Å². The molecule has 0 N–H and O–H groups in total. The van der Waals surface area contributed by atoms with Crippen LogP contribution in [0.25, 0.3) is 52.8 Å². The van der Waals surface area contributed by atoms with E-state index in [0.29, 0.717) is 0 Å². The predicted molar refractivity (Wildman–Crippen MR) is 155 cm³/mol. The third kappa shape index (κ3) is 3.32. The fraction of sp³-hybridized carbons (Fsp3) is 0.188. The number of rotatable bonds is 2. The van der Waals surface area contributed by atoms with Crippen molar-refractivity contribution in [2.75, 3.05) is 0 Å². The van der Waals surface area contributed by atoms with Crippen LogP contribution in [0.3, 0.4) is 0 Å². The van der Waals surface area contributed by atoms with Crippen LogP contribution in [0.4, 0.5) is 0 Å². The molecule has 0 aliphatic carbocycles. The molecule has 1 saturated heterocycles. The Balaban J connectivity index is 1.34. The van der Waals surface area contributed by atoms with Crippen molar-refractivity contribution in [3.05, 3.63) is 91.0 Å². The summed E-state index contributed by atoms with van der Waals surface area (Å²) in [4.78, 5) is 0. The minimum Gasteiger partial charge on any atom is -0.399 e. The van der Waals surface area contributed by atoms with Gasteiger partial charge < -0.3 is 9.31 Å². The Kier molecular flexibility index (Phi) is 4.69. The van der Waals surface area contributed by atoms with E-state index in [9.17, 15) is 0 Å². The summed E-state index contributed by atoms with van der Waals surface area (Å²) in [5, 5.41) is 7.67. The zero-order valence-electron chi connectivity index (χ0n) is 21.0. The van der Waals surface area contributed by atoms with E-state index < -0.39 is 0 Å². The molecule has 0 bridgehead atoms. The monoisotopic (exact) mass is 486 g/mol. The van der Waals surface area contributed by atoms with Gasteiger partial charge in [-0.1, -0.05) is 66.7 Å². The van der Waals surface area contributed by atoms with E-state index >= 15 is 0 Å². The molecule has 0 unspecified atom stereocenters. The maximum atomic E-state index is 6.28. The first-order valence-electron chi connectivity index (χ1n) is 12.5. The topological polar surface area (TPSA) is 18.5 Å². The van der Waals surface area contributed by atoms with E-state index in [0.717, 1.165) is 5.46 Å². The summed E-state index contributed by atoms with van der Waals surface area (Å²) < 4.78 is 15.2. The first-order valence-corrected chi connectivity index (χ1v) is 13.3. The van der Waals surface area contributed by atoms with Gasteiger partial charge in [0.15, 0.2) is 0 Å². The molecule has 176 valence electrons. The summed E-state index contributed by atoms with van der Waals surface area (Å²) in [6.45, 7) is 8.38. The number of thiophene rings is 1. The third-order valence-electron chi connectivity index (χ3n) is 8.06. The van der Waals surface area contributed by atoms with Crippen molar-refractivity contribution in [3.8, 4) is 11.1 Å². The number of fused-ring (bicyclic) bond motifs is 5. The molecular weight excluding hydrogens is 459 g/mol. The van der Waals surface area contributed by atoms with Crippen LogP contribution in [0.5, 0.6) is 0 Å². The Bertz CT molecular complexity index is 1800. The minimum absolute atomic E-state index is 0.343. The molecule has 1 aromatic heterocycles. The molecule has 4 heteroatoms. The molecule has 0 saturated carbocycles. The van der Waals surface area contributed by atoms with Gasteiger partial charge >= 0.3 is 7.12 Å². The maximum Gasteiger partial charge on any atom is 0.494 e. The van der Waals surface area contributed by atoms with Crippen molar-refractivity contribution < 1.29 is 9.31 Å². The van der Waals surface area contributed by atoms with Crippen molar-refractivity contribution in [1.82, 2.24) is 0 Å². The first kappa shape index (κ1) is 22.1. The average Bonchev–Trinajstić information content (AvgIpc) is 3.33. The predicted octanol–water partition coefficient (Wildman–Crippen LogP) is 8.33. The van der Waals surface area contributed by atoms with E-state index in [2.05, 4.69) is 119 Å².